The van der Waals surface area contributed by atoms with Gasteiger partial charge in [-0.3, -0.25) is 14.4 Å². The molecule has 0 atom stereocenters. The van der Waals surface area contributed by atoms with Crippen LogP contribution in [0.4, 0.5) is 8.78 Å². The van der Waals surface area contributed by atoms with Gasteiger partial charge in [-0.15, -0.1) is 0 Å². The van der Waals surface area contributed by atoms with Crippen molar-refractivity contribution in [1.29, 1.82) is 0 Å². The van der Waals surface area contributed by atoms with E-state index in [1.54, 1.807) is 6.20 Å². The molecule has 1 amide bonds. The quantitative estimate of drug-likeness (QED) is 0.445. The number of para-hydroxylation sites is 1. The number of Topliss-reactive ketones (excluding diaryl/α,β-unsaturated/α-hetero) is 1. The summed E-state index contributed by atoms with van der Waals surface area (Å²) in [6.45, 7) is 2.16. The van der Waals surface area contributed by atoms with Crippen molar-refractivity contribution in [3.05, 3.63) is 70.9 Å². The predicted molar refractivity (Wildman–Crippen MR) is 118 cm³/mol. The molecule has 1 aromatic heterocycles. The Morgan fingerprint density at radius 1 is 1.09 bits per heavy atom. The van der Waals surface area contributed by atoms with Crippen molar-refractivity contribution in [2.75, 3.05) is 19.7 Å². The van der Waals surface area contributed by atoms with Crippen molar-refractivity contribution < 1.29 is 27.9 Å². The molecule has 4 rings (SSSR count). The summed E-state index contributed by atoms with van der Waals surface area (Å²) in [5, 5.41) is 0.801. The minimum absolute atomic E-state index is 0.201. The van der Waals surface area contributed by atoms with Crippen molar-refractivity contribution >= 4 is 28.6 Å². The second kappa shape index (κ2) is 9.52. The first kappa shape index (κ1) is 22.6. The Morgan fingerprint density at radius 2 is 1.85 bits per heavy atom. The molecule has 0 bridgehead atoms. The van der Waals surface area contributed by atoms with Crippen LogP contribution in [0.2, 0.25) is 0 Å². The number of carbonyl (C=O) groups is 3. The van der Waals surface area contributed by atoms with E-state index >= 15 is 0 Å². The number of hydrogen-bond donors (Lipinski definition) is 1. The predicted octanol–water partition coefficient (Wildman–Crippen LogP) is 4.29. The molecule has 2 heterocycles. The number of hydrogen-bond acceptors (Lipinski definition) is 4. The van der Waals surface area contributed by atoms with Crippen LogP contribution in [0.1, 0.15) is 46.0 Å². The number of ketones is 1. The number of aryl methyl sites for hydroxylation is 1. The van der Waals surface area contributed by atoms with Gasteiger partial charge in [-0.05, 0) is 37.0 Å². The van der Waals surface area contributed by atoms with Gasteiger partial charge < -0.3 is 14.6 Å². The number of esters is 1. The molecule has 0 aliphatic carbocycles. The van der Waals surface area contributed by atoms with E-state index in [-0.39, 0.29) is 31.0 Å². The fourth-order valence-electron chi connectivity index (χ4n) is 4.23. The fraction of sp³-hybridized carbons (Fsp3) is 0.320. The van der Waals surface area contributed by atoms with Gasteiger partial charge in [0.2, 0.25) is 5.78 Å². The maximum atomic E-state index is 13.9. The van der Waals surface area contributed by atoms with Gasteiger partial charge in [0, 0.05) is 41.8 Å². The standard InChI is InChI=1S/C25H24F2N2O4/c1-2-15-4-3-5-18-20(13-28-23(15)18)22(30)14-33-25(32)16-8-10-29(11-9-16)24(31)19-7-6-17(26)12-21(19)27/h3-7,12-13,16,28H,2,8-11,14H2,1H3. The molecule has 1 saturated heterocycles. The normalized spacial score (nSPS) is 14.5. The summed E-state index contributed by atoms with van der Waals surface area (Å²) in [6, 6.07) is 8.57. The molecule has 1 aliphatic heterocycles. The minimum atomic E-state index is -0.914. The number of ether oxygens (including phenoxy) is 1. The summed E-state index contributed by atoms with van der Waals surface area (Å²) in [6.07, 6.45) is 3.15. The van der Waals surface area contributed by atoms with Gasteiger partial charge in [0.1, 0.15) is 11.6 Å². The molecule has 6 nitrogen and oxygen atoms in total. The van der Waals surface area contributed by atoms with Crippen molar-refractivity contribution in [1.82, 2.24) is 9.88 Å². The molecule has 2 aromatic carbocycles. The molecule has 33 heavy (non-hydrogen) atoms. The zero-order valence-corrected chi connectivity index (χ0v) is 18.2. The summed E-state index contributed by atoms with van der Waals surface area (Å²) in [5.41, 5.74) is 2.29. The number of amides is 1. The maximum Gasteiger partial charge on any atom is 0.309 e. The molecule has 0 saturated carbocycles. The summed E-state index contributed by atoms with van der Waals surface area (Å²) < 4.78 is 32.3. The van der Waals surface area contributed by atoms with E-state index in [0.717, 1.165) is 35.0 Å². The zero-order valence-electron chi connectivity index (χ0n) is 18.2. The van der Waals surface area contributed by atoms with E-state index in [2.05, 4.69) is 4.98 Å². The average Bonchev–Trinajstić information content (AvgIpc) is 3.26. The molecule has 0 radical (unpaired) electrons. The molecule has 3 aromatic rings. The number of likely N-dealkylation sites (tertiary alicyclic amines) is 1. The van der Waals surface area contributed by atoms with Gasteiger partial charge >= 0.3 is 5.97 Å². The second-order valence-electron chi connectivity index (χ2n) is 8.12. The number of nitrogens with zero attached hydrogens (tertiary/aromatic N) is 1. The van der Waals surface area contributed by atoms with Crippen LogP contribution in [-0.2, 0) is 16.0 Å². The lowest BCUT2D eigenvalue weighted by atomic mass is 9.96. The zero-order chi connectivity index (χ0) is 23.5. The topological polar surface area (TPSA) is 79.5 Å². The number of benzene rings is 2. The summed E-state index contributed by atoms with van der Waals surface area (Å²) in [7, 11) is 0. The molecule has 0 spiro atoms. The Labute approximate surface area is 189 Å². The molecule has 8 heteroatoms. The number of nitrogens with one attached hydrogen (secondary N) is 1. The Kier molecular flexibility index (Phi) is 6.53. The van der Waals surface area contributed by atoms with Gasteiger partial charge in [0.15, 0.2) is 6.61 Å². The summed E-state index contributed by atoms with van der Waals surface area (Å²) in [5.74, 6) is -3.43. The average molecular weight is 454 g/mol. The number of halogens is 2. The lowest BCUT2D eigenvalue weighted by molar-refractivity contribution is -0.148. The summed E-state index contributed by atoms with van der Waals surface area (Å²) in [4.78, 5) is 42.2. The van der Waals surface area contributed by atoms with Crippen LogP contribution >= 0.6 is 0 Å². The first-order chi connectivity index (χ1) is 15.9. The van der Waals surface area contributed by atoms with Crippen LogP contribution in [0.5, 0.6) is 0 Å². The van der Waals surface area contributed by atoms with Gasteiger partial charge in [-0.25, -0.2) is 8.78 Å². The van der Waals surface area contributed by atoms with Crippen molar-refractivity contribution in [3.63, 3.8) is 0 Å². The number of rotatable bonds is 6. The SMILES string of the molecule is CCc1cccc2c(C(=O)COC(=O)C3CCN(C(=O)c4ccc(F)cc4F)CC3)c[nH]c12. The van der Waals surface area contributed by atoms with Gasteiger partial charge in [0.05, 0.1) is 11.5 Å². The lowest BCUT2D eigenvalue weighted by Gasteiger charge is -2.31. The van der Waals surface area contributed by atoms with E-state index in [1.165, 1.54) is 4.90 Å². The van der Waals surface area contributed by atoms with Gasteiger partial charge in [-0.1, -0.05) is 25.1 Å². The molecular formula is C25H24F2N2O4. The van der Waals surface area contributed by atoms with Crippen molar-refractivity contribution in [2.24, 2.45) is 5.92 Å². The molecule has 1 fully saturated rings. The minimum Gasteiger partial charge on any atom is -0.457 e. The van der Waals surface area contributed by atoms with Crippen molar-refractivity contribution in [3.8, 4) is 0 Å². The number of fused-ring (bicyclic) bond motifs is 1. The number of aromatic amines is 1. The van der Waals surface area contributed by atoms with Crippen LogP contribution in [0.15, 0.2) is 42.6 Å². The smallest absolute Gasteiger partial charge is 0.309 e. The fourth-order valence-corrected chi connectivity index (χ4v) is 4.23. The van der Waals surface area contributed by atoms with Crippen LogP contribution in [-0.4, -0.2) is 47.2 Å². The molecule has 172 valence electrons. The van der Waals surface area contributed by atoms with E-state index < -0.39 is 29.4 Å². The number of carbonyl (C=O) groups excluding carboxylic acids is 3. The first-order valence-electron chi connectivity index (χ1n) is 10.9. The van der Waals surface area contributed by atoms with E-state index in [1.807, 2.05) is 25.1 Å². The van der Waals surface area contributed by atoms with E-state index in [0.29, 0.717) is 24.5 Å². The highest BCUT2D eigenvalue weighted by atomic mass is 19.1. The highest BCUT2D eigenvalue weighted by molar-refractivity contribution is 6.09. The van der Waals surface area contributed by atoms with Crippen LogP contribution in [0, 0.1) is 17.6 Å². The number of aromatic nitrogens is 1. The van der Waals surface area contributed by atoms with Crippen LogP contribution in [0.25, 0.3) is 10.9 Å². The molecule has 1 N–H and O–H groups in total. The maximum absolute atomic E-state index is 13.9. The Balaban J connectivity index is 1.31. The highest BCUT2D eigenvalue weighted by Gasteiger charge is 2.30. The van der Waals surface area contributed by atoms with Gasteiger partial charge in [-0.2, -0.15) is 0 Å². The van der Waals surface area contributed by atoms with Crippen LogP contribution < -0.4 is 0 Å². The molecule has 1 aliphatic rings. The third-order valence-corrected chi connectivity index (χ3v) is 6.11. The summed E-state index contributed by atoms with van der Waals surface area (Å²) >= 11 is 0. The third kappa shape index (κ3) is 4.65. The Hall–Kier alpha value is -3.55. The first-order valence-corrected chi connectivity index (χ1v) is 10.9. The second-order valence-corrected chi connectivity index (χ2v) is 8.12. The lowest BCUT2D eigenvalue weighted by Crippen LogP contribution is -2.41. The van der Waals surface area contributed by atoms with E-state index in [4.69, 9.17) is 4.74 Å². The monoisotopic (exact) mass is 454 g/mol. The Morgan fingerprint density at radius 3 is 2.55 bits per heavy atom. The largest absolute Gasteiger partial charge is 0.457 e. The Bertz CT molecular complexity index is 1210. The van der Waals surface area contributed by atoms with Crippen LogP contribution in [0.3, 0.4) is 0 Å². The number of piperidine rings is 1. The van der Waals surface area contributed by atoms with Crippen molar-refractivity contribution in [2.45, 2.75) is 26.2 Å². The van der Waals surface area contributed by atoms with Gasteiger partial charge in [0.25, 0.3) is 5.91 Å². The molecule has 0 unspecified atom stereocenters. The molecular weight excluding hydrogens is 430 g/mol. The highest BCUT2D eigenvalue weighted by Crippen LogP contribution is 2.24. The number of H-pyrrole nitrogens is 1. The third-order valence-electron chi connectivity index (χ3n) is 6.11. The van der Waals surface area contributed by atoms with E-state index in [9.17, 15) is 23.2 Å².